The van der Waals surface area contributed by atoms with Crippen LogP contribution in [0.1, 0.15) is 31.9 Å². The Morgan fingerprint density at radius 3 is 2.47 bits per heavy atom. The van der Waals surface area contributed by atoms with Crippen LogP contribution in [0, 0.1) is 6.92 Å². The average Bonchev–Trinajstić information content (AvgIpc) is 2.43. The van der Waals surface area contributed by atoms with E-state index in [1.807, 2.05) is 13.1 Å². The topological polar surface area (TPSA) is 24.7 Å². The van der Waals surface area contributed by atoms with Crippen molar-refractivity contribution in [1.82, 2.24) is 0 Å². The first-order chi connectivity index (χ1) is 9.08. The summed E-state index contributed by atoms with van der Waals surface area (Å²) in [5.74, 6) is 0. The molecule has 2 heteroatoms. The summed E-state index contributed by atoms with van der Waals surface area (Å²) in [5.41, 5.74) is 6.83. The van der Waals surface area contributed by atoms with Crippen LogP contribution in [-0.4, -0.2) is 18.5 Å². The number of aliphatic imine (C=N–C) groups is 2. The lowest BCUT2D eigenvalue weighted by Gasteiger charge is -2.07. The maximum absolute atomic E-state index is 4.79. The molecule has 0 fully saturated rings. The third-order valence-corrected chi connectivity index (χ3v) is 3.29. The SMILES string of the molecule is C/C1=C/C(c2ccccc2C)=N/C(C)=C(\C)C=NC1. The molecule has 0 N–H and O–H groups in total. The van der Waals surface area contributed by atoms with Crippen LogP contribution in [0.15, 0.2) is 57.2 Å². The molecule has 0 bridgehead atoms. The second-order valence-corrected chi connectivity index (χ2v) is 5.04. The number of nitrogens with zero attached hydrogens (tertiary/aromatic N) is 2. The van der Waals surface area contributed by atoms with Crippen molar-refractivity contribution in [2.75, 3.05) is 6.54 Å². The van der Waals surface area contributed by atoms with Gasteiger partial charge in [0.1, 0.15) is 0 Å². The first-order valence-electron chi connectivity index (χ1n) is 6.57. The number of rotatable bonds is 1. The van der Waals surface area contributed by atoms with E-state index in [1.54, 1.807) is 0 Å². The largest absolute Gasteiger partial charge is 0.288 e. The Hall–Kier alpha value is -1.96. The molecule has 0 atom stereocenters. The number of hydrogen-bond acceptors (Lipinski definition) is 2. The normalized spacial score (nSPS) is 25.7. The molecular weight excluding hydrogens is 232 g/mol. The number of hydrogen-bond donors (Lipinski definition) is 0. The van der Waals surface area contributed by atoms with Gasteiger partial charge in [-0.15, -0.1) is 0 Å². The first kappa shape index (κ1) is 13.5. The summed E-state index contributed by atoms with van der Waals surface area (Å²) in [4.78, 5) is 9.22. The zero-order valence-corrected chi connectivity index (χ0v) is 12.1. The molecule has 0 saturated heterocycles. The van der Waals surface area contributed by atoms with Crippen LogP contribution in [0.25, 0.3) is 0 Å². The lowest BCUT2D eigenvalue weighted by Crippen LogP contribution is -2.02. The summed E-state index contributed by atoms with van der Waals surface area (Å²) in [6.07, 6.45) is 4.05. The van der Waals surface area contributed by atoms with Crippen molar-refractivity contribution in [3.05, 3.63) is 58.3 Å². The van der Waals surface area contributed by atoms with Gasteiger partial charge in [0.15, 0.2) is 0 Å². The number of aryl methyl sites for hydroxylation is 1. The Bertz CT molecular complexity index is 601. The summed E-state index contributed by atoms with van der Waals surface area (Å²) in [7, 11) is 0. The molecule has 2 nitrogen and oxygen atoms in total. The Morgan fingerprint density at radius 2 is 1.74 bits per heavy atom. The molecule has 1 aromatic carbocycles. The van der Waals surface area contributed by atoms with E-state index in [1.165, 1.54) is 16.7 Å². The molecule has 98 valence electrons. The summed E-state index contributed by atoms with van der Waals surface area (Å²) < 4.78 is 0. The van der Waals surface area contributed by atoms with Crippen molar-refractivity contribution in [2.45, 2.75) is 27.7 Å². The van der Waals surface area contributed by atoms with E-state index in [-0.39, 0.29) is 0 Å². The van der Waals surface area contributed by atoms with Gasteiger partial charge in [-0.3, -0.25) is 9.98 Å². The molecule has 1 aromatic rings. The van der Waals surface area contributed by atoms with Crippen LogP contribution < -0.4 is 0 Å². The molecule has 0 spiro atoms. The van der Waals surface area contributed by atoms with E-state index < -0.39 is 0 Å². The molecule has 1 aliphatic rings. The van der Waals surface area contributed by atoms with Crippen LogP contribution in [-0.2, 0) is 0 Å². The summed E-state index contributed by atoms with van der Waals surface area (Å²) in [6.45, 7) is 9.04. The van der Waals surface area contributed by atoms with Crippen molar-refractivity contribution in [3.63, 3.8) is 0 Å². The van der Waals surface area contributed by atoms with E-state index in [9.17, 15) is 0 Å². The van der Waals surface area contributed by atoms with E-state index in [0.29, 0.717) is 0 Å². The summed E-state index contributed by atoms with van der Waals surface area (Å²) >= 11 is 0. The number of benzene rings is 1. The minimum atomic E-state index is 0.732. The fraction of sp³-hybridized carbons (Fsp3) is 0.294. The smallest absolute Gasteiger partial charge is 0.0708 e. The van der Waals surface area contributed by atoms with Gasteiger partial charge in [0.25, 0.3) is 0 Å². The van der Waals surface area contributed by atoms with Crippen LogP contribution >= 0.6 is 0 Å². The molecule has 1 heterocycles. The zero-order chi connectivity index (χ0) is 13.8. The van der Waals surface area contributed by atoms with Crippen molar-refractivity contribution >= 4 is 11.9 Å². The van der Waals surface area contributed by atoms with E-state index in [0.717, 1.165) is 23.5 Å². The van der Waals surface area contributed by atoms with Crippen LogP contribution in [0.2, 0.25) is 0 Å². The van der Waals surface area contributed by atoms with E-state index in [4.69, 9.17) is 4.99 Å². The fourth-order valence-electron chi connectivity index (χ4n) is 2.00. The highest BCUT2D eigenvalue weighted by Gasteiger charge is 2.06. The average molecular weight is 252 g/mol. The van der Waals surface area contributed by atoms with E-state index in [2.05, 4.69) is 56.1 Å². The highest BCUT2D eigenvalue weighted by atomic mass is 14.8. The minimum Gasteiger partial charge on any atom is -0.288 e. The fourth-order valence-corrected chi connectivity index (χ4v) is 2.00. The van der Waals surface area contributed by atoms with Gasteiger partial charge in [-0.2, -0.15) is 0 Å². The molecule has 0 aliphatic carbocycles. The minimum absolute atomic E-state index is 0.732. The van der Waals surface area contributed by atoms with Gasteiger partial charge in [0, 0.05) is 17.5 Å². The molecule has 0 radical (unpaired) electrons. The second kappa shape index (κ2) is 5.79. The zero-order valence-electron chi connectivity index (χ0n) is 12.1. The highest BCUT2D eigenvalue weighted by Crippen LogP contribution is 2.15. The maximum atomic E-state index is 4.79. The monoisotopic (exact) mass is 252 g/mol. The third kappa shape index (κ3) is 3.28. The predicted molar refractivity (Wildman–Crippen MR) is 83.2 cm³/mol. The standard InChI is InChI=1S/C17H20N2/c1-12-9-17(16-8-6-5-7-13(16)2)19-15(4)14(3)11-18-10-12/h5-9,11H,10H2,1-4H3/b12-9-,15-14+,18-11?,19-17-. The highest BCUT2D eigenvalue weighted by molar-refractivity contribution is 6.10. The Labute approximate surface area is 115 Å². The maximum Gasteiger partial charge on any atom is 0.0708 e. The van der Waals surface area contributed by atoms with Crippen LogP contribution in [0.4, 0.5) is 0 Å². The lowest BCUT2D eigenvalue weighted by atomic mass is 10.0. The third-order valence-electron chi connectivity index (χ3n) is 3.29. The van der Waals surface area contributed by atoms with Crippen LogP contribution in [0.3, 0.4) is 0 Å². The summed E-state index contributed by atoms with van der Waals surface area (Å²) in [5, 5.41) is 0. The van der Waals surface area contributed by atoms with Gasteiger partial charge in [-0.05, 0) is 50.5 Å². The van der Waals surface area contributed by atoms with Crippen LogP contribution in [0.5, 0.6) is 0 Å². The molecular formula is C17H20N2. The van der Waals surface area contributed by atoms with Gasteiger partial charge >= 0.3 is 0 Å². The van der Waals surface area contributed by atoms with Gasteiger partial charge in [0.2, 0.25) is 0 Å². The molecule has 0 saturated carbocycles. The molecule has 0 aromatic heterocycles. The van der Waals surface area contributed by atoms with E-state index >= 15 is 0 Å². The van der Waals surface area contributed by atoms with Crippen molar-refractivity contribution in [3.8, 4) is 0 Å². The van der Waals surface area contributed by atoms with Gasteiger partial charge in [-0.1, -0.05) is 24.3 Å². The Balaban J connectivity index is 2.58. The van der Waals surface area contributed by atoms with Crippen molar-refractivity contribution in [2.24, 2.45) is 9.98 Å². The number of allylic oxidation sites excluding steroid dienone is 3. The van der Waals surface area contributed by atoms with Crippen molar-refractivity contribution in [1.29, 1.82) is 0 Å². The molecule has 19 heavy (non-hydrogen) atoms. The lowest BCUT2D eigenvalue weighted by molar-refractivity contribution is 1.14. The predicted octanol–water partition coefficient (Wildman–Crippen LogP) is 4.11. The van der Waals surface area contributed by atoms with Gasteiger partial charge < -0.3 is 0 Å². The molecule has 0 amide bonds. The molecule has 0 unspecified atom stereocenters. The summed E-state index contributed by atoms with van der Waals surface area (Å²) in [6, 6.07) is 8.36. The Morgan fingerprint density at radius 1 is 1.00 bits per heavy atom. The Kier molecular flexibility index (Phi) is 4.10. The van der Waals surface area contributed by atoms with Crippen molar-refractivity contribution < 1.29 is 0 Å². The quantitative estimate of drug-likeness (QED) is 0.718. The van der Waals surface area contributed by atoms with Gasteiger partial charge in [0.05, 0.1) is 12.3 Å². The van der Waals surface area contributed by atoms with Gasteiger partial charge in [-0.25, -0.2) is 0 Å². The molecule has 2 rings (SSSR count). The molecule has 1 aliphatic heterocycles. The second-order valence-electron chi connectivity index (χ2n) is 5.04. The first-order valence-corrected chi connectivity index (χ1v) is 6.57.